The summed E-state index contributed by atoms with van der Waals surface area (Å²) in [7, 11) is 4.17. The van der Waals surface area contributed by atoms with Crippen LogP contribution in [-0.2, 0) is 4.74 Å². The van der Waals surface area contributed by atoms with Crippen LogP contribution in [0.1, 0.15) is 39.1 Å². The highest BCUT2D eigenvalue weighted by molar-refractivity contribution is 5.95. The number of nitrogens with one attached hydrogen (secondary N) is 1. The molecule has 0 spiro atoms. The fourth-order valence-electron chi connectivity index (χ4n) is 5.05. The number of carbonyl (C=O) groups excluding carboxylic acids is 2. The Hall–Kier alpha value is -4.02. The van der Waals surface area contributed by atoms with Crippen molar-refractivity contribution < 1.29 is 31.9 Å². The zero-order valence-electron chi connectivity index (χ0n) is 26.0. The minimum Gasteiger partial charge on any atom is -0.380 e. The lowest BCUT2D eigenvalue weighted by Gasteiger charge is -2.31. The van der Waals surface area contributed by atoms with Crippen molar-refractivity contribution in [2.45, 2.75) is 25.9 Å². The van der Waals surface area contributed by atoms with Gasteiger partial charge in [0.15, 0.2) is 0 Å². The molecule has 1 amide bonds. The van der Waals surface area contributed by atoms with Gasteiger partial charge >= 0.3 is 6.18 Å². The van der Waals surface area contributed by atoms with E-state index >= 15 is 0 Å². The standard InChI is InChI=1S/C22H32F3N3O2.C13H9FO/c1-16-5-6-19(21(29)26-9-12-30-15-22(23,24)25)17(2)20(16)14-28(4)13-18-7-10-27(3)11-8-18;14-13-7-5-12(6-8-13)11-3-1-10(9-15)2-4-11/h5-6,14,18H,1,7-13,15H2,2-4H3,(H,26,29);1-9H/b20-14+;. The topological polar surface area (TPSA) is 61.9 Å². The normalized spacial score (nSPS) is 14.4. The van der Waals surface area contributed by atoms with E-state index in [9.17, 15) is 27.2 Å². The summed E-state index contributed by atoms with van der Waals surface area (Å²) >= 11 is 0. The number of aldehydes is 1. The highest BCUT2D eigenvalue weighted by Crippen LogP contribution is 2.20. The van der Waals surface area contributed by atoms with Gasteiger partial charge in [-0.05, 0) is 85.9 Å². The summed E-state index contributed by atoms with van der Waals surface area (Å²) in [5.41, 5.74) is 3.83. The average molecular weight is 628 g/mol. The van der Waals surface area contributed by atoms with E-state index in [1.54, 1.807) is 36.4 Å². The number of hydrogen-bond donors (Lipinski definition) is 1. The summed E-state index contributed by atoms with van der Waals surface area (Å²) in [6.07, 6.45) is 0.802. The van der Waals surface area contributed by atoms with Gasteiger partial charge in [-0.15, -0.1) is 0 Å². The first kappa shape index (κ1) is 35.5. The molecule has 4 rings (SSSR count). The maximum Gasteiger partial charge on any atom is 0.411 e. The summed E-state index contributed by atoms with van der Waals surface area (Å²) in [6.45, 7) is 7.60. The Labute approximate surface area is 262 Å². The van der Waals surface area contributed by atoms with Crippen molar-refractivity contribution in [2.75, 3.05) is 53.5 Å². The second-order valence-corrected chi connectivity index (χ2v) is 11.3. The summed E-state index contributed by atoms with van der Waals surface area (Å²) in [5.74, 6) is 0.0539. The molecule has 3 aromatic carbocycles. The minimum absolute atomic E-state index is 0.00948. The van der Waals surface area contributed by atoms with Gasteiger partial charge in [0.25, 0.3) is 5.91 Å². The van der Waals surface area contributed by atoms with Gasteiger partial charge in [0.1, 0.15) is 18.7 Å². The molecule has 0 radical (unpaired) electrons. The monoisotopic (exact) mass is 627 g/mol. The molecule has 10 heteroatoms. The van der Waals surface area contributed by atoms with Crippen molar-refractivity contribution in [3.8, 4) is 11.1 Å². The van der Waals surface area contributed by atoms with Crippen molar-refractivity contribution in [1.82, 2.24) is 15.1 Å². The van der Waals surface area contributed by atoms with Crippen molar-refractivity contribution in [2.24, 2.45) is 5.92 Å². The molecule has 242 valence electrons. The lowest BCUT2D eigenvalue weighted by molar-refractivity contribution is -0.173. The first-order chi connectivity index (χ1) is 21.4. The van der Waals surface area contributed by atoms with Gasteiger partial charge in [0, 0.05) is 42.7 Å². The third-order valence-corrected chi connectivity index (χ3v) is 7.61. The number of halogens is 4. The van der Waals surface area contributed by atoms with E-state index in [-0.39, 0.29) is 24.9 Å². The highest BCUT2D eigenvalue weighted by Gasteiger charge is 2.27. The number of rotatable bonds is 10. The van der Waals surface area contributed by atoms with Crippen molar-refractivity contribution >= 4 is 25.0 Å². The van der Waals surface area contributed by atoms with E-state index in [2.05, 4.69) is 33.5 Å². The first-order valence-corrected chi connectivity index (χ1v) is 14.8. The average Bonchev–Trinajstić information content (AvgIpc) is 3.00. The lowest BCUT2D eigenvalue weighted by atomic mass is 9.96. The van der Waals surface area contributed by atoms with Crippen molar-refractivity contribution in [3.63, 3.8) is 0 Å². The van der Waals surface area contributed by atoms with Crippen LogP contribution in [0.5, 0.6) is 0 Å². The van der Waals surface area contributed by atoms with E-state index in [1.807, 2.05) is 32.3 Å². The molecule has 0 aromatic heterocycles. The molecule has 0 atom stereocenters. The van der Waals surface area contributed by atoms with Gasteiger partial charge in [0.05, 0.1) is 6.61 Å². The molecular formula is C35H41F4N3O3. The number of amides is 1. The lowest BCUT2D eigenvalue weighted by Crippen LogP contribution is -2.37. The number of benzene rings is 3. The molecule has 6 nitrogen and oxygen atoms in total. The van der Waals surface area contributed by atoms with Gasteiger partial charge in [-0.1, -0.05) is 49.0 Å². The number of carbonyl (C=O) groups is 2. The first-order valence-electron chi connectivity index (χ1n) is 14.8. The summed E-state index contributed by atoms with van der Waals surface area (Å²) in [6, 6.07) is 16.9. The molecule has 0 unspecified atom stereocenters. The number of ether oxygens (including phenoxy) is 1. The highest BCUT2D eigenvalue weighted by atomic mass is 19.4. The second-order valence-electron chi connectivity index (χ2n) is 11.3. The van der Waals surface area contributed by atoms with Crippen LogP contribution in [0.15, 0.2) is 60.7 Å². The summed E-state index contributed by atoms with van der Waals surface area (Å²) in [4.78, 5) is 27.4. The molecule has 3 aromatic rings. The summed E-state index contributed by atoms with van der Waals surface area (Å²) in [5, 5.41) is 4.33. The van der Waals surface area contributed by atoms with E-state index in [0.29, 0.717) is 17.0 Å². The van der Waals surface area contributed by atoms with Crippen LogP contribution in [0.3, 0.4) is 0 Å². The van der Waals surface area contributed by atoms with Gasteiger partial charge in [-0.3, -0.25) is 9.59 Å². The Kier molecular flexibility index (Phi) is 13.3. The quantitative estimate of drug-likeness (QED) is 0.194. The van der Waals surface area contributed by atoms with Crippen LogP contribution < -0.4 is 15.8 Å². The van der Waals surface area contributed by atoms with E-state index in [4.69, 9.17) is 0 Å². The second kappa shape index (κ2) is 16.9. The maximum atomic E-state index is 12.7. The molecule has 1 N–H and O–H groups in total. The van der Waals surface area contributed by atoms with Crippen molar-refractivity contribution in [3.05, 3.63) is 93.6 Å². The fraction of sp³-hybridized carbons (Fsp3) is 0.371. The minimum atomic E-state index is -4.37. The van der Waals surface area contributed by atoms with Gasteiger partial charge in [-0.25, -0.2) is 4.39 Å². The van der Waals surface area contributed by atoms with Crippen LogP contribution in [0, 0.1) is 18.7 Å². The van der Waals surface area contributed by atoms with Crippen molar-refractivity contribution in [1.29, 1.82) is 0 Å². The molecular weight excluding hydrogens is 586 g/mol. The molecule has 45 heavy (non-hydrogen) atoms. The van der Waals surface area contributed by atoms with Crippen LogP contribution in [0.2, 0.25) is 0 Å². The van der Waals surface area contributed by atoms with Gasteiger partial charge in [0.2, 0.25) is 0 Å². The molecule has 1 saturated heterocycles. The van der Waals surface area contributed by atoms with Crippen LogP contribution >= 0.6 is 0 Å². The maximum absolute atomic E-state index is 12.7. The molecule has 1 aliphatic rings. The smallest absolute Gasteiger partial charge is 0.380 e. The Morgan fingerprint density at radius 2 is 1.64 bits per heavy atom. The SMILES string of the molecule is C=c1ccc(C(=O)NCCOCC(F)(F)F)c(C)/c1=C/N(C)CC1CCN(C)CC1.O=Cc1ccc(-c2ccc(F)cc2)cc1. The number of piperidine rings is 1. The number of alkyl halides is 3. The van der Waals surface area contributed by atoms with Gasteiger partial charge in [-0.2, -0.15) is 13.2 Å². The van der Waals surface area contributed by atoms with Gasteiger partial charge < -0.3 is 19.9 Å². The number of nitrogens with zero attached hydrogens (tertiary/aromatic N) is 2. The zero-order valence-corrected chi connectivity index (χ0v) is 26.0. The molecule has 1 heterocycles. The molecule has 0 bridgehead atoms. The predicted octanol–water partition coefficient (Wildman–Crippen LogP) is 5.03. The Balaban J connectivity index is 0.000000305. The fourth-order valence-corrected chi connectivity index (χ4v) is 5.05. The Morgan fingerprint density at radius 3 is 2.22 bits per heavy atom. The Morgan fingerprint density at radius 1 is 1.04 bits per heavy atom. The largest absolute Gasteiger partial charge is 0.411 e. The molecule has 0 saturated carbocycles. The van der Waals surface area contributed by atoms with E-state index in [1.165, 1.54) is 25.0 Å². The number of hydrogen-bond acceptors (Lipinski definition) is 5. The van der Waals surface area contributed by atoms with E-state index < -0.39 is 12.8 Å². The molecule has 1 aliphatic heterocycles. The van der Waals surface area contributed by atoms with Crippen LogP contribution in [-0.4, -0.2) is 81.7 Å². The number of likely N-dealkylation sites (tertiary alicyclic amines) is 1. The van der Waals surface area contributed by atoms with Crippen LogP contribution in [0.25, 0.3) is 23.9 Å². The third kappa shape index (κ3) is 11.8. The van der Waals surface area contributed by atoms with Crippen LogP contribution in [0.4, 0.5) is 17.6 Å². The molecule has 1 fully saturated rings. The molecule has 0 aliphatic carbocycles. The zero-order chi connectivity index (χ0) is 33.0. The van der Waals surface area contributed by atoms with E-state index in [0.717, 1.165) is 53.0 Å². The predicted molar refractivity (Wildman–Crippen MR) is 170 cm³/mol. The Bertz CT molecular complexity index is 1500. The third-order valence-electron chi connectivity index (χ3n) is 7.61. The summed E-state index contributed by atoms with van der Waals surface area (Å²) < 4.78 is 53.4.